The molecule has 0 aliphatic carbocycles. The van der Waals surface area contributed by atoms with Gasteiger partial charge in [-0.3, -0.25) is 0 Å². The third-order valence-corrected chi connectivity index (χ3v) is 2.38. The van der Waals surface area contributed by atoms with Crippen LogP contribution >= 0.6 is 0 Å². The van der Waals surface area contributed by atoms with Crippen LogP contribution < -0.4 is 0 Å². The van der Waals surface area contributed by atoms with E-state index >= 15 is 0 Å². The van der Waals surface area contributed by atoms with Crippen molar-refractivity contribution in [2.45, 2.75) is 25.4 Å². The average molecular weight is 218 g/mol. The van der Waals surface area contributed by atoms with Gasteiger partial charge in [-0.2, -0.15) is 0 Å². The minimum Gasteiger partial charge on any atom is -0.377 e. The Hall–Kier alpha value is -0.200. The molecule has 2 atom stereocenters. The SMILES string of the molecule is C(COC1CCO1)OCCOC1CCO1. The molecular formula is C10H18O5. The summed E-state index contributed by atoms with van der Waals surface area (Å²) in [6, 6.07) is 0. The standard InChI is InChI=1S/C10H18O5/c1-3-12-9(1)14-7-5-11-6-8-15-10-2-4-13-10/h9-10H,1-8H2. The van der Waals surface area contributed by atoms with E-state index in [4.69, 9.17) is 23.7 Å². The second-order valence-corrected chi connectivity index (χ2v) is 3.53. The zero-order valence-electron chi connectivity index (χ0n) is 8.85. The molecule has 0 bridgehead atoms. The molecule has 0 radical (unpaired) electrons. The van der Waals surface area contributed by atoms with Crippen LogP contribution in [0.1, 0.15) is 12.8 Å². The normalized spacial score (nSPS) is 29.6. The third kappa shape index (κ3) is 4.04. The monoisotopic (exact) mass is 218 g/mol. The van der Waals surface area contributed by atoms with Crippen molar-refractivity contribution in [2.24, 2.45) is 0 Å². The topological polar surface area (TPSA) is 46.2 Å². The van der Waals surface area contributed by atoms with Gasteiger partial charge in [-0.15, -0.1) is 0 Å². The van der Waals surface area contributed by atoms with Crippen LogP contribution in [0.3, 0.4) is 0 Å². The van der Waals surface area contributed by atoms with Gasteiger partial charge in [-0.25, -0.2) is 0 Å². The van der Waals surface area contributed by atoms with Crippen LogP contribution in [-0.4, -0.2) is 52.2 Å². The van der Waals surface area contributed by atoms with Crippen molar-refractivity contribution in [1.29, 1.82) is 0 Å². The molecule has 5 heteroatoms. The minimum absolute atomic E-state index is 0.00762. The molecular weight excluding hydrogens is 200 g/mol. The van der Waals surface area contributed by atoms with E-state index in [0.29, 0.717) is 26.4 Å². The Morgan fingerprint density at radius 3 is 1.60 bits per heavy atom. The molecule has 0 aromatic heterocycles. The first-order valence-electron chi connectivity index (χ1n) is 5.49. The predicted molar refractivity (Wildman–Crippen MR) is 51.4 cm³/mol. The average Bonchev–Trinajstić information content (AvgIpc) is 2.09. The van der Waals surface area contributed by atoms with Crippen LogP contribution in [0.15, 0.2) is 0 Å². The van der Waals surface area contributed by atoms with Crippen LogP contribution in [0.5, 0.6) is 0 Å². The summed E-state index contributed by atoms with van der Waals surface area (Å²) in [5.74, 6) is 0. The highest BCUT2D eigenvalue weighted by Gasteiger charge is 2.18. The maximum absolute atomic E-state index is 5.33. The fourth-order valence-corrected chi connectivity index (χ4v) is 1.27. The summed E-state index contributed by atoms with van der Waals surface area (Å²) >= 11 is 0. The lowest BCUT2D eigenvalue weighted by atomic mass is 10.3. The van der Waals surface area contributed by atoms with Crippen molar-refractivity contribution in [3.8, 4) is 0 Å². The summed E-state index contributed by atoms with van der Waals surface area (Å²) in [7, 11) is 0. The molecule has 0 saturated carbocycles. The highest BCUT2D eigenvalue weighted by molar-refractivity contribution is 4.55. The Bertz CT molecular complexity index is 149. The smallest absolute Gasteiger partial charge is 0.159 e. The lowest BCUT2D eigenvalue weighted by Gasteiger charge is -2.26. The summed E-state index contributed by atoms with van der Waals surface area (Å²) < 4.78 is 26.1. The zero-order chi connectivity index (χ0) is 10.3. The maximum Gasteiger partial charge on any atom is 0.159 e. The Labute approximate surface area is 89.6 Å². The molecule has 0 N–H and O–H groups in total. The van der Waals surface area contributed by atoms with E-state index in [0.717, 1.165) is 26.1 Å². The summed E-state index contributed by atoms with van der Waals surface area (Å²) in [6.07, 6.45) is 2.02. The molecule has 2 fully saturated rings. The van der Waals surface area contributed by atoms with Gasteiger partial charge in [0.25, 0.3) is 0 Å². The molecule has 2 saturated heterocycles. The fourth-order valence-electron chi connectivity index (χ4n) is 1.27. The van der Waals surface area contributed by atoms with E-state index in [1.165, 1.54) is 0 Å². The second-order valence-electron chi connectivity index (χ2n) is 3.53. The van der Waals surface area contributed by atoms with Gasteiger partial charge < -0.3 is 23.7 Å². The molecule has 5 nitrogen and oxygen atoms in total. The molecule has 15 heavy (non-hydrogen) atoms. The van der Waals surface area contributed by atoms with Crippen molar-refractivity contribution in [3.05, 3.63) is 0 Å². The third-order valence-electron chi connectivity index (χ3n) is 2.38. The Morgan fingerprint density at radius 1 is 0.800 bits per heavy atom. The molecule has 88 valence electrons. The summed E-state index contributed by atoms with van der Waals surface area (Å²) in [5, 5.41) is 0. The Kier molecular flexibility index (Phi) is 4.82. The van der Waals surface area contributed by atoms with Crippen molar-refractivity contribution in [1.82, 2.24) is 0 Å². The van der Waals surface area contributed by atoms with Crippen molar-refractivity contribution in [3.63, 3.8) is 0 Å². The number of ether oxygens (including phenoxy) is 5. The molecule has 2 unspecified atom stereocenters. The van der Waals surface area contributed by atoms with Gasteiger partial charge in [0.15, 0.2) is 12.6 Å². The van der Waals surface area contributed by atoms with E-state index in [9.17, 15) is 0 Å². The van der Waals surface area contributed by atoms with Crippen molar-refractivity contribution < 1.29 is 23.7 Å². The van der Waals surface area contributed by atoms with Gasteiger partial charge in [0.2, 0.25) is 0 Å². The van der Waals surface area contributed by atoms with Gasteiger partial charge in [-0.05, 0) is 0 Å². The second kappa shape index (κ2) is 6.40. The number of hydrogen-bond acceptors (Lipinski definition) is 5. The van der Waals surface area contributed by atoms with E-state index in [2.05, 4.69) is 0 Å². The molecule has 2 heterocycles. The summed E-state index contributed by atoms with van der Waals surface area (Å²) in [6.45, 7) is 4.00. The maximum atomic E-state index is 5.33. The van der Waals surface area contributed by atoms with Crippen molar-refractivity contribution in [2.75, 3.05) is 39.6 Å². The lowest BCUT2D eigenvalue weighted by Crippen LogP contribution is -2.31. The summed E-state index contributed by atoms with van der Waals surface area (Å²) in [5.41, 5.74) is 0. The molecule has 2 aliphatic rings. The fraction of sp³-hybridized carbons (Fsp3) is 1.00. The molecule has 0 aromatic rings. The van der Waals surface area contributed by atoms with E-state index in [1.807, 2.05) is 0 Å². The van der Waals surface area contributed by atoms with Crippen LogP contribution in [0.4, 0.5) is 0 Å². The highest BCUT2D eigenvalue weighted by atomic mass is 16.7. The molecule has 0 spiro atoms. The summed E-state index contributed by atoms with van der Waals surface area (Å²) in [4.78, 5) is 0. The minimum atomic E-state index is 0.00762. The molecule has 2 aliphatic heterocycles. The first-order valence-corrected chi connectivity index (χ1v) is 5.49. The van der Waals surface area contributed by atoms with Gasteiger partial charge >= 0.3 is 0 Å². The molecule has 0 aromatic carbocycles. The van der Waals surface area contributed by atoms with Crippen molar-refractivity contribution >= 4 is 0 Å². The van der Waals surface area contributed by atoms with E-state index < -0.39 is 0 Å². The first kappa shape index (κ1) is 11.3. The van der Waals surface area contributed by atoms with Crippen LogP contribution in [-0.2, 0) is 23.7 Å². The van der Waals surface area contributed by atoms with Gasteiger partial charge in [0.05, 0.1) is 39.6 Å². The lowest BCUT2D eigenvalue weighted by molar-refractivity contribution is -0.226. The van der Waals surface area contributed by atoms with Crippen LogP contribution in [0, 0.1) is 0 Å². The van der Waals surface area contributed by atoms with Gasteiger partial charge in [0.1, 0.15) is 0 Å². The number of rotatable bonds is 8. The predicted octanol–water partition coefficient (Wildman–Crippen LogP) is 0.529. The van der Waals surface area contributed by atoms with Crippen LogP contribution in [0.2, 0.25) is 0 Å². The quantitative estimate of drug-likeness (QED) is 0.556. The van der Waals surface area contributed by atoms with E-state index in [1.54, 1.807) is 0 Å². The van der Waals surface area contributed by atoms with Crippen LogP contribution in [0.25, 0.3) is 0 Å². The first-order chi connectivity index (χ1) is 7.45. The Morgan fingerprint density at radius 2 is 1.27 bits per heavy atom. The highest BCUT2D eigenvalue weighted by Crippen LogP contribution is 2.12. The molecule has 2 rings (SSSR count). The Balaban J connectivity index is 1.29. The molecule has 0 amide bonds. The van der Waals surface area contributed by atoms with Gasteiger partial charge in [-0.1, -0.05) is 0 Å². The zero-order valence-corrected chi connectivity index (χ0v) is 8.85. The van der Waals surface area contributed by atoms with Gasteiger partial charge in [0, 0.05) is 12.8 Å². The largest absolute Gasteiger partial charge is 0.377 e. The number of hydrogen-bond donors (Lipinski definition) is 0. The van der Waals surface area contributed by atoms with E-state index in [-0.39, 0.29) is 12.6 Å².